The number of hydrogen-bond donors (Lipinski definition) is 0. The highest BCUT2D eigenvalue weighted by molar-refractivity contribution is 9.10. The summed E-state index contributed by atoms with van der Waals surface area (Å²) >= 11 is 3.59. The summed E-state index contributed by atoms with van der Waals surface area (Å²) in [6, 6.07) is 8.79. The minimum absolute atomic E-state index is 0.169. The Kier molecular flexibility index (Phi) is 2.60. The fourth-order valence-electron chi connectivity index (χ4n) is 1.88. The number of benzene rings is 1. The van der Waals surface area contributed by atoms with Crippen LogP contribution < -0.4 is 0 Å². The van der Waals surface area contributed by atoms with Crippen molar-refractivity contribution in [2.45, 2.75) is 38.0 Å². The van der Waals surface area contributed by atoms with Gasteiger partial charge < -0.3 is 0 Å². The largest absolute Gasteiger partial charge is 0.197 e. The lowest BCUT2D eigenvalue weighted by molar-refractivity contribution is 0.849. The minimum atomic E-state index is -0.169. The summed E-state index contributed by atoms with van der Waals surface area (Å²) in [4.78, 5) is 0. The molecule has 1 fully saturated rings. The van der Waals surface area contributed by atoms with Gasteiger partial charge in [0.05, 0.1) is 11.5 Å². The average molecular weight is 264 g/mol. The van der Waals surface area contributed by atoms with E-state index in [0.717, 1.165) is 17.3 Å². The van der Waals surface area contributed by atoms with E-state index >= 15 is 0 Å². The number of halogens is 1. The Morgan fingerprint density at radius 2 is 2.07 bits per heavy atom. The third-order valence-electron chi connectivity index (χ3n) is 3.14. The molecule has 1 saturated carbocycles. The van der Waals surface area contributed by atoms with Gasteiger partial charge in [0, 0.05) is 4.47 Å². The predicted octanol–water partition coefficient (Wildman–Crippen LogP) is 4.13. The first-order valence-electron chi connectivity index (χ1n) is 5.30. The number of rotatable bonds is 2. The summed E-state index contributed by atoms with van der Waals surface area (Å²) in [5, 5.41) is 9.11. The molecule has 0 bridgehead atoms. The molecule has 78 valence electrons. The van der Waals surface area contributed by atoms with Crippen molar-refractivity contribution in [3.8, 4) is 6.07 Å². The average Bonchev–Trinajstić information content (AvgIpc) is 2.97. The maximum absolute atomic E-state index is 9.11. The molecule has 1 aromatic carbocycles. The first-order chi connectivity index (χ1) is 7.09. The second-order valence-corrected chi connectivity index (χ2v) is 5.44. The van der Waals surface area contributed by atoms with Gasteiger partial charge >= 0.3 is 0 Å². The topological polar surface area (TPSA) is 23.8 Å². The summed E-state index contributed by atoms with van der Waals surface area (Å²) in [5.41, 5.74) is 2.31. The second kappa shape index (κ2) is 3.64. The van der Waals surface area contributed by atoms with Gasteiger partial charge in [-0.1, -0.05) is 41.9 Å². The Morgan fingerprint density at radius 1 is 1.40 bits per heavy atom. The van der Waals surface area contributed by atoms with Crippen molar-refractivity contribution in [1.82, 2.24) is 0 Å². The molecule has 0 radical (unpaired) electrons. The highest BCUT2D eigenvalue weighted by Crippen LogP contribution is 2.48. The van der Waals surface area contributed by atoms with E-state index in [1.807, 2.05) is 0 Å². The van der Waals surface area contributed by atoms with Gasteiger partial charge in [0.15, 0.2) is 0 Å². The van der Waals surface area contributed by atoms with Gasteiger partial charge in [-0.3, -0.25) is 0 Å². The zero-order chi connectivity index (χ0) is 11.1. The molecule has 1 nitrogen and oxygen atoms in total. The maximum atomic E-state index is 9.11. The smallest absolute Gasteiger partial charge is 0.0824 e. The molecule has 0 heterocycles. The van der Waals surface area contributed by atoms with E-state index in [-0.39, 0.29) is 5.41 Å². The molecule has 0 saturated heterocycles. The lowest BCUT2D eigenvalue weighted by atomic mass is 9.94. The quantitative estimate of drug-likeness (QED) is 0.787. The van der Waals surface area contributed by atoms with Crippen molar-refractivity contribution in [3.63, 3.8) is 0 Å². The maximum Gasteiger partial charge on any atom is 0.0824 e. The van der Waals surface area contributed by atoms with Gasteiger partial charge in [-0.25, -0.2) is 0 Å². The Morgan fingerprint density at radius 3 is 2.47 bits per heavy atom. The highest BCUT2D eigenvalue weighted by atomic mass is 79.9. The van der Waals surface area contributed by atoms with Crippen LogP contribution in [-0.2, 0) is 5.41 Å². The molecule has 0 atom stereocenters. The van der Waals surface area contributed by atoms with Crippen LogP contribution in [0.25, 0.3) is 0 Å². The number of nitrogens with zero attached hydrogens (tertiary/aromatic N) is 1. The molecule has 0 amide bonds. The molecule has 2 rings (SSSR count). The molecule has 0 unspecified atom stereocenters. The molecule has 15 heavy (non-hydrogen) atoms. The van der Waals surface area contributed by atoms with Crippen LogP contribution in [0.3, 0.4) is 0 Å². The fraction of sp³-hybridized carbons (Fsp3) is 0.462. The molecule has 2 heteroatoms. The third kappa shape index (κ3) is 1.81. The molecule has 1 aliphatic rings. The summed E-state index contributed by atoms with van der Waals surface area (Å²) in [7, 11) is 0. The fourth-order valence-corrected chi connectivity index (χ4v) is 2.72. The van der Waals surface area contributed by atoms with Crippen LogP contribution in [0.4, 0.5) is 0 Å². The van der Waals surface area contributed by atoms with Gasteiger partial charge in [-0.15, -0.1) is 0 Å². The molecule has 0 N–H and O–H groups in total. The van der Waals surface area contributed by atoms with Crippen molar-refractivity contribution < 1.29 is 0 Å². The Balaban J connectivity index is 2.39. The zero-order valence-corrected chi connectivity index (χ0v) is 10.6. The Bertz CT molecular complexity index is 425. The van der Waals surface area contributed by atoms with E-state index in [9.17, 15) is 0 Å². The van der Waals surface area contributed by atoms with E-state index in [1.165, 1.54) is 11.1 Å². The summed E-state index contributed by atoms with van der Waals surface area (Å²) in [6.45, 7) is 4.36. The van der Waals surface area contributed by atoms with Gasteiger partial charge in [0.1, 0.15) is 0 Å². The van der Waals surface area contributed by atoms with E-state index in [2.05, 4.69) is 54.0 Å². The molecular formula is C13H14BrN. The van der Waals surface area contributed by atoms with Crippen LogP contribution in [-0.4, -0.2) is 0 Å². The van der Waals surface area contributed by atoms with Gasteiger partial charge in [0.25, 0.3) is 0 Å². The Labute approximate surface area is 99.2 Å². The molecular weight excluding hydrogens is 250 g/mol. The first kappa shape index (κ1) is 10.7. The molecule has 1 aliphatic carbocycles. The van der Waals surface area contributed by atoms with Gasteiger partial charge in [-0.2, -0.15) is 5.26 Å². The van der Waals surface area contributed by atoms with Crippen LogP contribution >= 0.6 is 15.9 Å². The van der Waals surface area contributed by atoms with Crippen molar-refractivity contribution in [1.29, 1.82) is 5.26 Å². The molecule has 1 aromatic rings. The van der Waals surface area contributed by atoms with E-state index in [0.29, 0.717) is 5.92 Å². The van der Waals surface area contributed by atoms with Gasteiger partial charge in [-0.05, 0) is 36.0 Å². The first-order valence-corrected chi connectivity index (χ1v) is 6.09. The third-order valence-corrected chi connectivity index (χ3v) is 3.83. The van der Waals surface area contributed by atoms with Crippen LogP contribution in [0, 0.1) is 11.3 Å². The van der Waals surface area contributed by atoms with Crippen molar-refractivity contribution in [2.75, 3.05) is 0 Å². The summed E-state index contributed by atoms with van der Waals surface area (Å²) < 4.78 is 1.14. The zero-order valence-electron chi connectivity index (χ0n) is 9.05. The van der Waals surface area contributed by atoms with E-state index in [1.54, 1.807) is 0 Å². The standard InChI is InChI=1S/C13H14BrN/c1-9(2)11-4-3-10(7-12(11)14)13(8-15)5-6-13/h3-4,7,9H,5-6H2,1-2H3. The predicted molar refractivity (Wildman–Crippen MR) is 64.8 cm³/mol. The SMILES string of the molecule is CC(C)c1ccc(C2(C#N)CC2)cc1Br. The van der Waals surface area contributed by atoms with Crippen molar-refractivity contribution in [3.05, 3.63) is 33.8 Å². The molecule has 0 spiro atoms. The van der Waals surface area contributed by atoms with Crippen molar-refractivity contribution in [2.24, 2.45) is 0 Å². The van der Waals surface area contributed by atoms with E-state index < -0.39 is 0 Å². The lowest BCUT2D eigenvalue weighted by Gasteiger charge is -2.12. The Hall–Kier alpha value is -0.810. The van der Waals surface area contributed by atoms with Crippen LogP contribution in [0.15, 0.2) is 22.7 Å². The van der Waals surface area contributed by atoms with Crippen molar-refractivity contribution >= 4 is 15.9 Å². The summed E-state index contributed by atoms with van der Waals surface area (Å²) in [6.07, 6.45) is 2.02. The van der Waals surface area contributed by atoms with Gasteiger partial charge in [0.2, 0.25) is 0 Å². The second-order valence-electron chi connectivity index (χ2n) is 4.58. The minimum Gasteiger partial charge on any atom is -0.197 e. The normalized spacial score (nSPS) is 17.5. The molecule has 0 aromatic heterocycles. The highest BCUT2D eigenvalue weighted by Gasteiger charge is 2.44. The van der Waals surface area contributed by atoms with Crippen LogP contribution in [0.1, 0.15) is 43.7 Å². The number of hydrogen-bond acceptors (Lipinski definition) is 1. The monoisotopic (exact) mass is 263 g/mol. The van der Waals surface area contributed by atoms with E-state index in [4.69, 9.17) is 5.26 Å². The lowest BCUT2D eigenvalue weighted by Crippen LogP contribution is -2.03. The summed E-state index contributed by atoms with van der Waals surface area (Å²) in [5.74, 6) is 0.519. The number of nitriles is 1. The van der Waals surface area contributed by atoms with Crippen LogP contribution in [0.2, 0.25) is 0 Å². The molecule has 0 aliphatic heterocycles. The van der Waals surface area contributed by atoms with Crippen LogP contribution in [0.5, 0.6) is 0 Å².